The number of benzene rings is 2. The van der Waals surface area contributed by atoms with Crippen LogP contribution in [-0.4, -0.2) is 5.84 Å². The van der Waals surface area contributed by atoms with E-state index in [-0.39, 0.29) is 0 Å². The molecule has 0 heterocycles. The van der Waals surface area contributed by atoms with Gasteiger partial charge in [-0.2, -0.15) is 0 Å². The second-order valence-electron chi connectivity index (χ2n) is 3.46. The minimum atomic E-state index is 0.466. The number of aliphatic imine (C=N–C) groups is 1. The lowest BCUT2D eigenvalue weighted by Gasteiger charge is -2.03. The second-order valence-corrected chi connectivity index (χ2v) is 4.75. The third-order valence-electron chi connectivity index (χ3n) is 2.22. The van der Waals surface area contributed by atoms with Gasteiger partial charge in [0, 0.05) is 15.1 Å². The third kappa shape index (κ3) is 3.08. The van der Waals surface area contributed by atoms with Gasteiger partial charge in [-0.3, -0.25) is 0 Å². The van der Waals surface area contributed by atoms with Crippen molar-refractivity contribution in [3.8, 4) is 0 Å². The Kier molecular flexibility index (Phi) is 3.82. The molecule has 0 aliphatic carbocycles. The van der Waals surface area contributed by atoms with E-state index in [0.717, 1.165) is 15.7 Å². The number of nitrogens with two attached hydrogens (primary N) is 1. The van der Waals surface area contributed by atoms with E-state index in [0.29, 0.717) is 10.9 Å². The monoisotopic (exact) mass is 308 g/mol. The Hall–Kier alpha value is -1.32. The molecule has 0 aliphatic heterocycles. The highest BCUT2D eigenvalue weighted by Crippen LogP contribution is 2.28. The van der Waals surface area contributed by atoms with E-state index in [9.17, 15) is 0 Å². The molecule has 0 amide bonds. The van der Waals surface area contributed by atoms with E-state index in [1.807, 2.05) is 36.4 Å². The summed E-state index contributed by atoms with van der Waals surface area (Å²) in [6, 6.07) is 15.0. The van der Waals surface area contributed by atoms with Crippen molar-refractivity contribution in [3.63, 3.8) is 0 Å². The van der Waals surface area contributed by atoms with Crippen molar-refractivity contribution in [1.29, 1.82) is 0 Å². The number of hydrogen-bond donors (Lipinski definition) is 1. The molecule has 2 nitrogen and oxygen atoms in total. The zero-order chi connectivity index (χ0) is 12.3. The topological polar surface area (TPSA) is 38.4 Å². The highest BCUT2D eigenvalue weighted by atomic mass is 79.9. The predicted molar refractivity (Wildman–Crippen MR) is 76.0 cm³/mol. The molecule has 0 spiro atoms. The second kappa shape index (κ2) is 5.34. The highest BCUT2D eigenvalue weighted by molar-refractivity contribution is 9.10. The zero-order valence-electron chi connectivity index (χ0n) is 8.90. The first-order chi connectivity index (χ1) is 8.16. The summed E-state index contributed by atoms with van der Waals surface area (Å²) in [7, 11) is 0. The summed E-state index contributed by atoms with van der Waals surface area (Å²) in [4.78, 5) is 4.35. The summed E-state index contributed by atoms with van der Waals surface area (Å²) in [6.07, 6.45) is 0. The molecule has 2 rings (SSSR count). The maximum Gasteiger partial charge on any atom is 0.131 e. The lowest BCUT2D eigenvalue weighted by molar-refractivity contribution is 1.43. The molecule has 2 aromatic carbocycles. The molecule has 0 saturated heterocycles. The first-order valence-corrected chi connectivity index (χ1v) is 6.18. The lowest BCUT2D eigenvalue weighted by Crippen LogP contribution is -2.12. The molecule has 0 fully saturated rings. The Morgan fingerprint density at radius 3 is 2.53 bits per heavy atom. The van der Waals surface area contributed by atoms with Crippen molar-refractivity contribution < 1.29 is 0 Å². The van der Waals surface area contributed by atoms with Gasteiger partial charge in [-0.25, -0.2) is 4.99 Å². The summed E-state index contributed by atoms with van der Waals surface area (Å²) in [5.41, 5.74) is 7.54. The van der Waals surface area contributed by atoms with Crippen LogP contribution in [0.25, 0.3) is 0 Å². The minimum Gasteiger partial charge on any atom is -0.383 e. The van der Waals surface area contributed by atoms with Crippen LogP contribution in [-0.2, 0) is 0 Å². The van der Waals surface area contributed by atoms with Gasteiger partial charge >= 0.3 is 0 Å². The normalized spacial score (nSPS) is 11.5. The van der Waals surface area contributed by atoms with E-state index >= 15 is 0 Å². The van der Waals surface area contributed by atoms with Crippen molar-refractivity contribution in [2.24, 2.45) is 10.7 Å². The molecular weight excluding hydrogens is 300 g/mol. The largest absolute Gasteiger partial charge is 0.383 e. The van der Waals surface area contributed by atoms with E-state index < -0.39 is 0 Å². The molecule has 0 aromatic heterocycles. The van der Waals surface area contributed by atoms with Gasteiger partial charge < -0.3 is 5.73 Å². The molecule has 0 radical (unpaired) electrons. The fourth-order valence-corrected chi connectivity index (χ4v) is 1.88. The average Bonchev–Trinajstić information content (AvgIpc) is 2.35. The predicted octanol–water partition coefficient (Wildman–Crippen LogP) is 4.14. The fourth-order valence-electron chi connectivity index (χ4n) is 1.37. The van der Waals surface area contributed by atoms with Crippen LogP contribution in [0.1, 0.15) is 5.56 Å². The minimum absolute atomic E-state index is 0.466. The number of rotatable bonds is 2. The Bertz CT molecular complexity index is 553. The van der Waals surface area contributed by atoms with Gasteiger partial charge in [-0.05, 0) is 34.1 Å². The molecule has 4 heteroatoms. The van der Waals surface area contributed by atoms with Gasteiger partial charge in [0.1, 0.15) is 5.84 Å². The van der Waals surface area contributed by atoms with Crippen LogP contribution in [0.15, 0.2) is 58.0 Å². The highest BCUT2D eigenvalue weighted by Gasteiger charge is 2.02. The molecular formula is C13H10BrClN2. The van der Waals surface area contributed by atoms with Gasteiger partial charge in [0.2, 0.25) is 0 Å². The lowest BCUT2D eigenvalue weighted by atomic mass is 10.2. The van der Waals surface area contributed by atoms with Gasteiger partial charge in [-0.15, -0.1) is 0 Å². The van der Waals surface area contributed by atoms with Crippen molar-refractivity contribution in [3.05, 3.63) is 63.6 Å². The van der Waals surface area contributed by atoms with Gasteiger partial charge in [0.25, 0.3) is 0 Å². The number of amidine groups is 1. The van der Waals surface area contributed by atoms with E-state index in [2.05, 4.69) is 20.9 Å². The van der Waals surface area contributed by atoms with Crippen molar-refractivity contribution in [2.45, 2.75) is 0 Å². The van der Waals surface area contributed by atoms with Crippen molar-refractivity contribution in [2.75, 3.05) is 0 Å². The van der Waals surface area contributed by atoms with E-state index in [4.69, 9.17) is 17.3 Å². The van der Waals surface area contributed by atoms with Crippen LogP contribution in [0, 0.1) is 0 Å². The summed E-state index contributed by atoms with van der Waals surface area (Å²) < 4.78 is 0.862. The van der Waals surface area contributed by atoms with Gasteiger partial charge in [0.15, 0.2) is 0 Å². The molecule has 2 N–H and O–H groups in total. The summed E-state index contributed by atoms with van der Waals surface area (Å²) >= 11 is 9.33. The Balaban J connectivity index is 2.39. The Labute approximate surface area is 113 Å². The van der Waals surface area contributed by atoms with Crippen molar-refractivity contribution in [1.82, 2.24) is 0 Å². The summed E-state index contributed by atoms with van der Waals surface area (Å²) in [5, 5.41) is 0.632. The van der Waals surface area contributed by atoms with Crippen LogP contribution in [0.2, 0.25) is 5.02 Å². The number of nitrogens with zero attached hydrogens (tertiary/aromatic N) is 1. The Morgan fingerprint density at radius 2 is 1.82 bits per heavy atom. The van der Waals surface area contributed by atoms with E-state index in [1.54, 1.807) is 12.1 Å². The molecule has 17 heavy (non-hydrogen) atoms. The number of halogens is 2. The van der Waals surface area contributed by atoms with Crippen LogP contribution >= 0.6 is 27.5 Å². The van der Waals surface area contributed by atoms with Crippen LogP contribution in [0.3, 0.4) is 0 Å². The van der Waals surface area contributed by atoms with Crippen LogP contribution < -0.4 is 5.73 Å². The molecule has 0 atom stereocenters. The van der Waals surface area contributed by atoms with Crippen LogP contribution in [0.5, 0.6) is 0 Å². The fraction of sp³-hybridized carbons (Fsp3) is 0. The first-order valence-electron chi connectivity index (χ1n) is 5.01. The summed E-state index contributed by atoms with van der Waals surface area (Å²) in [6.45, 7) is 0. The molecule has 0 bridgehead atoms. The van der Waals surface area contributed by atoms with E-state index in [1.165, 1.54) is 0 Å². The van der Waals surface area contributed by atoms with Gasteiger partial charge in [0.05, 0.1) is 5.69 Å². The maximum atomic E-state index is 5.93. The first kappa shape index (κ1) is 12.1. The van der Waals surface area contributed by atoms with Crippen molar-refractivity contribution >= 4 is 39.1 Å². The standard InChI is InChI=1S/C13H10BrClN2/c14-11-7-6-10(15)8-12(11)17-13(16)9-4-2-1-3-5-9/h1-8H,(H2,16,17). The maximum absolute atomic E-state index is 5.93. The zero-order valence-corrected chi connectivity index (χ0v) is 11.2. The molecule has 0 aliphatic rings. The molecule has 2 aromatic rings. The average molecular weight is 310 g/mol. The molecule has 0 unspecified atom stereocenters. The third-order valence-corrected chi connectivity index (χ3v) is 3.12. The van der Waals surface area contributed by atoms with Gasteiger partial charge in [-0.1, -0.05) is 41.9 Å². The molecule has 0 saturated carbocycles. The SMILES string of the molecule is NC(=Nc1cc(Cl)ccc1Br)c1ccccc1. The number of hydrogen-bond acceptors (Lipinski definition) is 1. The quantitative estimate of drug-likeness (QED) is 0.657. The molecule has 86 valence electrons. The smallest absolute Gasteiger partial charge is 0.131 e. The van der Waals surface area contributed by atoms with Crippen LogP contribution in [0.4, 0.5) is 5.69 Å². The Morgan fingerprint density at radius 1 is 1.12 bits per heavy atom. The summed E-state index contributed by atoms with van der Waals surface area (Å²) in [5.74, 6) is 0.466.